The Morgan fingerprint density at radius 2 is 2.00 bits per heavy atom. The van der Waals surface area contributed by atoms with Gasteiger partial charge in [0.15, 0.2) is 6.10 Å². The molecule has 0 heterocycles. The molecular weight excluding hydrogens is 330 g/mol. The average molecular weight is 353 g/mol. The zero-order valence-electron chi connectivity index (χ0n) is 15.0. The number of fused-ring (bicyclic) bond motifs is 1. The molecule has 2 aromatic rings. The molecule has 136 valence electrons. The number of benzene rings is 2. The third-order valence-electron chi connectivity index (χ3n) is 4.71. The molecule has 2 atom stereocenters. The molecule has 0 unspecified atom stereocenters. The van der Waals surface area contributed by atoms with Crippen LogP contribution in [0.2, 0.25) is 0 Å². The van der Waals surface area contributed by atoms with E-state index in [1.54, 1.807) is 12.1 Å². The third kappa shape index (κ3) is 3.87. The maximum atomic E-state index is 12.5. The molecule has 0 bridgehead atoms. The Labute approximate surface area is 153 Å². The zero-order valence-corrected chi connectivity index (χ0v) is 15.0. The van der Waals surface area contributed by atoms with Crippen LogP contribution in [0.4, 0.5) is 0 Å². The van der Waals surface area contributed by atoms with Crippen LogP contribution in [-0.4, -0.2) is 23.1 Å². The minimum Gasteiger partial charge on any atom is -0.507 e. The molecule has 2 N–H and O–H groups in total. The molecule has 5 heteroatoms. The fourth-order valence-electron chi connectivity index (χ4n) is 3.28. The summed E-state index contributed by atoms with van der Waals surface area (Å²) in [5.74, 6) is -1.21. The Hall–Kier alpha value is -2.82. The normalized spacial score (nSPS) is 17.1. The summed E-state index contributed by atoms with van der Waals surface area (Å²) in [6, 6.07) is 12.7. The standard InChI is InChI=1S/C21H23NO4/c1-13-10-11-19(23)17(12-13)21(25)26-14(2)20(24)22-18-9-5-7-15-6-3-4-8-16(15)18/h3-4,6,8,10-12,14,18,23H,5,7,9H2,1-2H3,(H,22,24)/t14-,18-/m1/s1. The predicted octanol–water partition coefficient (Wildman–Crippen LogP) is 3.44. The SMILES string of the molecule is Cc1ccc(O)c(C(=O)O[C@H](C)C(=O)N[C@@H]2CCCc3ccccc32)c1. The second kappa shape index (κ2) is 7.60. The number of hydrogen-bond acceptors (Lipinski definition) is 4. The molecule has 2 aromatic carbocycles. The van der Waals surface area contributed by atoms with Gasteiger partial charge >= 0.3 is 5.97 Å². The molecule has 0 spiro atoms. The zero-order chi connectivity index (χ0) is 18.7. The van der Waals surface area contributed by atoms with E-state index < -0.39 is 12.1 Å². The van der Waals surface area contributed by atoms with E-state index in [-0.39, 0.29) is 23.3 Å². The summed E-state index contributed by atoms with van der Waals surface area (Å²) < 4.78 is 5.25. The lowest BCUT2D eigenvalue weighted by Crippen LogP contribution is -2.39. The Balaban J connectivity index is 1.65. The van der Waals surface area contributed by atoms with Gasteiger partial charge in [-0.3, -0.25) is 4.79 Å². The van der Waals surface area contributed by atoms with Gasteiger partial charge in [-0.05, 0) is 56.4 Å². The van der Waals surface area contributed by atoms with E-state index in [2.05, 4.69) is 11.4 Å². The van der Waals surface area contributed by atoms with Crippen molar-refractivity contribution in [2.45, 2.75) is 45.3 Å². The van der Waals surface area contributed by atoms with Crippen molar-refractivity contribution in [2.24, 2.45) is 0 Å². The van der Waals surface area contributed by atoms with E-state index >= 15 is 0 Å². The molecule has 1 aliphatic rings. The van der Waals surface area contributed by atoms with Crippen molar-refractivity contribution < 1.29 is 19.4 Å². The number of carbonyl (C=O) groups excluding carboxylic acids is 2. The minimum absolute atomic E-state index is 0.0627. The van der Waals surface area contributed by atoms with Crippen LogP contribution in [-0.2, 0) is 16.0 Å². The van der Waals surface area contributed by atoms with Crippen molar-refractivity contribution in [1.82, 2.24) is 5.32 Å². The number of amides is 1. The summed E-state index contributed by atoms with van der Waals surface area (Å²) in [7, 11) is 0. The van der Waals surface area contributed by atoms with Crippen molar-refractivity contribution in [2.75, 3.05) is 0 Å². The first-order valence-corrected chi connectivity index (χ1v) is 8.84. The second-order valence-electron chi connectivity index (χ2n) is 6.72. The molecule has 3 rings (SSSR count). The molecule has 0 aromatic heterocycles. The molecule has 0 aliphatic heterocycles. The van der Waals surface area contributed by atoms with Crippen LogP contribution in [0.15, 0.2) is 42.5 Å². The van der Waals surface area contributed by atoms with Gasteiger partial charge in [-0.1, -0.05) is 35.9 Å². The van der Waals surface area contributed by atoms with Gasteiger partial charge in [0.05, 0.1) is 6.04 Å². The van der Waals surface area contributed by atoms with Crippen LogP contribution < -0.4 is 5.32 Å². The van der Waals surface area contributed by atoms with Gasteiger partial charge in [-0.15, -0.1) is 0 Å². The number of hydrogen-bond donors (Lipinski definition) is 2. The summed E-state index contributed by atoms with van der Waals surface area (Å²) in [5.41, 5.74) is 3.26. The topological polar surface area (TPSA) is 75.6 Å². The summed E-state index contributed by atoms with van der Waals surface area (Å²) >= 11 is 0. The fourth-order valence-corrected chi connectivity index (χ4v) is 3.28. The quantitative estimate of drug-likeness (QED) is 0.826. The fraction of sp³-hybridized carbons (Fsp3) is 0.333. The molecule has 26 heavy (non-hydrogen) atoms. The first kappa shape index (κ1) is 18.0. The van der Waals surface area contributed by atoms with Gasteiger partial charge < -0.3 is 15.2 Å². The average Bonchev–Trinajstić information content (AvgIpc) is 2.63. The highest BCUT2D eigenvalue weighted by molar-refractivity contribution is 5.94. The van der Waals surface area contributed by atoms with E-state index in [1.165, 1.54) is 18.6 Å². The maximum Gasteiger partial charge on any atom is 0.342 e. The lowest BCUT2D eigenvalue weighted by Gasteiger charge is -2.27. The molecule has 0 saturated heterocycles. The summed E-state index contributed by atoms with van der Waals surface area (Å²) in [4.78, 5) is 24.7. The lowest BCUT2D eigenvalue weighted by atomic mass is 9.87. The monoisotopic (exact) mass is 353 g/mol. The number of rotatable bonds is 4. The van der Waals surface area contributed by atoms with Crippen LogP contribution in [0.25, 0.3) is 0 Å². The summed E-state index contributed by atoms with van der Waals surface area (Å²) in [6.45, 7) is 3.35. The van der Waals surface area contributed by atoms with Crippen molar-refractivity contribution in [1.29, 1.82) is 0 Å². The van der Waals surface area contributed by atoms with Gasteiger partial charge in [0.25, 0.3) is 5.91 Å². The van der Waals surface area contributed by atoms with Crippen LogP contribution in [0.3, 0.4) is 0 Å². The Morgan fingerprint density at radius 3 is 2.81 bits per heavy atom. The highest BCUT2D eigenvalue weighted by Gasteiger charge is 2.26. The first-order chi connectivity index (χ1) is 12.5. The number of aromatic hydroxyl groups is 1. The molecule has 1 aliphatic carbocycles. The number of phenols is 1. The van der Waals surface area contributed by atoms with E-state index in [0.717, 1.165) is 30.4 Å². The molecule has 1 amide bonds. The van der Waals surface area contributed by atoms with E-state index in [9.17, 15) is 14.7 Å². The van der Waals surface area contributed by atoms with Crippen molar-refractivity contribution in [3.05, 3.63) is 64.7 Å². The van der Waals surface area contributed by atoms with E-state index in [1.807, 2.05) is 25.1 Å². The van der Waals surface area contributed by atoms with Crippen molar-refractivity contribution in [3.8, 4) is 5.75 Å². The molecule has 0 radical (unpaired) electrons. The second-order valence-corrected chi connectivity index (χ2v) is 6.72. The molecular formula is C21H23NO4. The van der Waals surface area contributed by atoms with Crippen molar-refractivity contribution >= 4 is 11.9 Å². The minimum atomic E-state index is -0.948. The van der Waals surface area contributed by atoms with Gasteiger partial charge in [-0.25, -0.2) is 4.79 Å². The number of esters is 1. The Kier molecular flexibility index (Phi) is 5.26. The summed E-state index contributed by atoms with van der Waals surface area (Å²) in [5, 5.41) is 12.8. The number of carbonyl (C=O) groups is 2. The molecule has 0 saturated carbocycles. The number of aryl methyl sites for hydroxylation is 2. The summed E-state index contributed by atoms with van der Waals surface area (Å²) in [6.07, 6.45) is 1.94. The van der Waals surface area contributed by atoms with E-state index in [0.29, 0.717) is 0 Å². The smallest absolute Gasteiger partial charge is 0.342 e. The molecule has 5 nitrogen and oxygen atoms in total. The third-order valence-corrected chi connectivity index (χ3v) is 4.71. The van der Waals surface area contributed by atoms with Crippen LogP contribution in [0.5, 0.6) is 5.75 Å². The van der Waals surface area contributed by atoms with E-state index in [4.69, 9.17) is 4.74 Å². The molecule has 0 fully saturated rings. The van der Waals surface area contributed by atoms with Crippen LogP contribution >= 0.6 is 0 Å². The van der Waals surface area contributed by atoms with Gasteiger partial charge in [-0.2, -0.15) is 0 Å². The van der Waals surface area contributed by atoms with Crippen LogP contribution in [0.1, 0.15) is 52.9 Å². The van der Waals surface area contributed by atoms with Crippen molar-refractivity contribution in [3.63, 3.8) is 0 Å². The van der Waals surface area contributed by atoms with Gasteiger partial charge in [0.2, 0.25) is 0 Å². The Morgan fingerprint density at radius 1 is 1.23 bits per heavy atom. The maximum absolute atomic E-state index is 12.5. The number of phenolic OH excluding ortho intramolecular Hbond substituents is 1. The van der Waals surface area contributed by atoms with Gasteiger partial charge in [0, 0.05) is 0 Å². The largest absolute Gasteiger partial charge is 0.507 e. The number of nitrogens with one attached hydrogen (secondary N) is 1. The number of ether oxygens (including phenoxy) is 1. The first-order valence-electron chi connectivity index (χ1n) is 8.84. The highest BCUT2D eigenvalue weighted by Crippen LogP contribution is 2.29. The highest BCUT2D eigenvalue weighted by atomic mass is 16.5. The Bertz CT molecular complexity index is 831. The van der Waals surface area contributed by atoms with Crippen LogP contribution in [0, 0.1) is 6.92 Å². The predicted molar refractivity (Wildman–Crippen MR) is 98.0 cm³/mol. The lowest BCUT2D eigenvalue weighted by molar-refractivity contribution is -0.130. The van der Waals surface area contributed by atoms with Gasteiger partial charge in [0.1, 0.15) is 11.3 Å².